The summed E-state index contributed by atoms with van der Waals surface area (Å²) in [5.41, 5.74) is 3.20. The van der Waals surface area contributed by atoms with Crippen LogP contribution in [0.3, 0.4) is 0 Å². The van der Waals surface area contributed by atoms with Crippen molar-refractivity contribution in [3.63, 3.8) is 0 Å². The number of rotatable bonds is 6. The van der Waals surface area contributed by atoms with E-state index in [1.165, 1.54) is 27.4 Å². The Hall–Kier alpha value is -2.98. The number of nitrogens with zero attached hydrogens (tertiary/aromatic N) is 3. The van der Waals surface area contributed by atoms with Gasteiger partial charge in [-0.05, 0) is 69.0 Å². The van der Waals surface area contributed by atoms with Crippen LogP contribution in [0.4, 0.5) is 5.69 Å². The number of hydrogen-bond donors (Lipinski definition) is 0. The quantitative estimate of drug-likeness (QED) is 0.468. The van der Waals surface area contributed by atoms with E-state index in [-0.39, 0.29) is 55.7 Å². The predicted octanol–water partition coefficient (Wildman–Crippen LogP) is 3.37. The molecule has 0 unspecified atom stereocenters. The van der Waals surface area contributed by atoms with Crippen molar-refractivity contribution < 1.29 is 22.9 Å². The van der Waals surface area contributed by atoms with Crippen molar-refractivity contribution in [3.05, 3.63) is 62.2 Å². The second kappa shape index (κ2) is 9.48. The van der Waals surface area contributed by atoms with Gasteiger partial charge in [0.2, 0.25) is 10.0 Å². The van der Waals surface area contributed by atoms with E-state index >= 15 is 0 Å². The molecular formula is C23H29N3O6S. The third-order valence-corrected chi connectivity index (χ3v) is 8.30. The Morgan fingerprint density at radius 3 is 2.12 bits per heavy atom. The summed E-state index contributed by atoms with van der Waals surface area (Å²) in [4.78, 5) is 25.6. The van der Waals surface area contributed by atoms with Crippen LogP contribution in [-0.2, 0) is 10.0 Å². The fourth-order valence-corrected chi connectivity index (χ4v) is 6.08. The zero-order valence-corrected chi connectivity index (χ0v) is 20.4. The van der Waals surface area contributed by atoms with Crippen molar-refractivity contribution in [3.8, 4) is 5.75 Å². The molecule has 0 N–H and O–H groups in total. The van der Waals surface area contributed by atoms with Crippen molar-refractivity contribution in [2.24, 2.45) is 0 Å². The minimum absolute atomic E-state index is 0.106. The molecule has 1 aliphatic heterocycles. The standard InChI is InChI=1S/C23H29N3O6S/c1-6-32-21-8-7-19(14-20(21)26(28)29)23(27)24-9-11-25(12-10-24)33(30,31)22-17(4)15(2)13-16(3)18(22)5/h7-8,13-14H,6,9-12H2,1-5H3. The van der Waals surface area contributed by atoms with Crippen molar-refractivity contribution >= 4 is 21.6 Å². The van der Waals surface area contributed by atoms with Gasteiger partial charge in [0, 0.05) is 37.8 Å². The van der Waals surface area contributed by atoms with E-state index in [0.717, 1.165) is 22.3 Å². The van der Waals surface area contributed by atoms with Gasteiger partial charge in [-0.2, -0.15) is 4.31 Å². The minimum Gasteiger partial charge on any atom is -0.487 e. The van der Waals surface area contributed by atoms with Crippen molar-refractivity contribution in [1.82, 2.24) is 9.21 Å². The first-order valence-electron chi connectivity index (χ1n) is 10.8. The predicted molar refractivity (Wildman–Crippen MR) is 124 cm³/mol. The van der Waals surface area contributed by atoms with Gasteiger partial charge in [0.05, 0.1) is 16.4 Å². The first kappa shape index (κ1) is 24.7. The highest BCUT2D eigenvalue weighted by Gasteiger charge is 2.33. The van der Waals surface area contributed by atoms with Gasteiger partial charge in [0.1, 0.15) is 0 Å². The van der Waals surface area contributed by atoms with Crippen LogP contribution in [0.25, 0.3) is 0 Å². The summed E-state index contributed by atoms with van der Waals surface area (Å²) >= 11 is 0. The fraction of sp³-hybridized carbons (Fsp3) is 0.435. The van der Waals surface area contributed by atoms with Gasteiger partial charge in [0.25, 0.3) is 5.91 Å². The van der Waals surface area contributed by atoms with E-state index in [2.05, 4.69) is 0 Å². The van der Waals surface area contributed by atoms with Gasteiger partial charge in [-0.25, -0.2) is 8.42 Å². The molecule has 1 heterocycles. The third kappa shape index (κ3) is 4.72. The summed E-state index contributed by atoms with van der Waals surface area (Å²) in [5, 5.41) is 11.4. The van der Waals surface area contributed by atoms with Crippen LogP contribution in [0, 0.1) is 37.8 Å². The first-order valence-corrected chi connectivity index (χ1v) is 12.2. The Morgan fingerprint density at radius 2 is 1.61 bits per heavy atom. The lowest BCUT2D eigenvalue weighted by molar-refractivity contribution is -0.385. The average Bonchev–Trinajstić information content (AvgIpc) is 2.77. The molecule has 9 nitrogen and oxygen atoms in total. The number of benzene rings is 2. The Bertz CT molecular complexity index is 1170. The summed E-state index contributed by atoms with van der Waals surface area (Å²) in [5.74, 6) is -0.272. The monoisotopic (exact) mass is 475 g/mol. The Kier molecular flexibility index (Phi) is 7.08. The molecule has 1 aliphatic rings. The van der Waals surface area contributed by atoms with Crippen LogP contribution in [0.2, 0.25) is 0 Å². The topological polar surface area (TPSA) is 110 Å². The van der Waals surface area contributed by atoms with Crippen molar-refractivity contribution in [1.29, 1.82) is 0 Å². The Balaban J connectivity index is 1.80. The third-order valence-electron chi connectivity index (χ3n) is 6.12. The van der Waals surface area contributed by atoms with Crippen LogP contribution < -0.4 is 4.74 Å². The van der Waals surface area contributed by atoms with E-state index in [1.54, 1.807) is 6.92 Å². The smallest absolute Gasteiger partial charge is 0.311 e. The van der Waals surface area contributed by atoms with E-state index < -0.39 is 14.9 Å². The molecule has 0 aliphatic carbocycles. The van der Waals surface area contributed by atoms with E-state index in [9.17, 15) is 23.3 Å². The van der Waals surface area contributed by atoms with E-state index in [1.807, 2.05) is 33.8 Å². The number of nitro groups is 1. The molecular weight excluding hydrogens is 446 g/mol. The van der Waals surface area contributed by atoms with Gasteiger partial charge in [0.15, 0.2) is 5.75 Å². The highest BCUT2D eigenvalue weighted by molar-refractivity contribution is 7.89. The highest BCUT2D eigenvalue weighted by Crippen LogP contribution is 2.31. The van der Waals surface area contributed by atoms with Crippen LogP contribution in [0.15, 0.2) is 29.2 Å². The number of amides is 1. The number of ether oxygens (including phenoxy) is 1. The maximum atomic E-state index is 13.4. The molecule has 33 heavy (non-hydrogen) atoms. The summed E-state index contributed by atoms with van der Waals surface area (Å²) in [6.45, 7) is 10.1. The number of hydrogen-bond acceptors (Lipinski definition) is 6. The molecule has 178 valence electrons. The minimum atomic E-state index is -3.72. The SMILES string of the molecule is CCOc1ccc(C(=O)N2CCN(S(=O)(=O)c3c(C)c(C)cc(C)c3C)CC2)cc1[N+](=O)[O-]. The summed E-state index contributed by atoms with van der Waals surface area (Å²) in [6, 6.07) is 6.10. The summed E-state index contributed by atoms with van der Waals surface area (Å²) in [6.07, 6.45) is 0. The van der Waals surface area contributed by atoms with Crippen molar-refractivity contribution in [2.45, 2.75) is 39.5 Å². The lowest BCUT2D eigenvalue weighted by Crippen LogP contribution is -2.50. The average molecular weight is 476 g/mol. The van der Waals surface area contributed by atoms with Crippen molar-refractivity contribution in [2.75, 3.05) is 32.8 Å². The van der Waals surface area contributed by atoms with Gasteiger partial charge >= 0.3 is 5.69 Å². The zero-order valence-electron chi connectivity index (χ0n) is 19.5. The molecule has 0 aromatic heterocycles. The second-order valence-electron chi connectivity index (χ2n) is 8.16. The Morgan fingerprint density at radius 1 is 1.03 bits per heavy atom. The highest BCUT2D eigenvalue weighted by atomic mass is 32.2. The van der Waals surface area contributed by atoms with Crippen LogP contribution in [0.5, 0.6) is 5.75 Å². The van der Waals surface area contributed by atoms with Crippen LogP contribution in [-0.4, -0.2) is 61.2 Å². The number of carbonyl (C=O) groups excluding carboxylic acids is 1. The van der Waals surface area contributed by atoms with E-state index in [0.29, 0.717) is 4.90 Å². The van der Waals surface area contributed by atoms with E-state index in [4.69, 9.17) is 4.74 Å². The molecule has 0 radical (unpaired) electrons. The maximum absolute atomic E-state index is 13.4. The molecule has 2 aromatic carbocycles. The lowest BCUT2D eigenvalue weighted by atomic mass is 10.0. The van der Waals surface area contributed by atoms with Crippen LogP contribution >= 0.6 is 0 Å². The number of carbonyl (C=O) groups is 1. The number of sulfonamides is 1. The van der Waals surface area contributed by atoms with Gasteiger partial charge in [-0.1, -0.05) is 6.07 Å². The summed E-state index contributed by atoms with van der Waals surface area (Å²) < 4.78 is 33.5. The fourth-order valence-electron chi connectivity index (χ4n) is 4.08. The number of nitro benzene ring substituents is 1. The molecule has 1 saturated heterocycles. The molecule has 10 heteroatoms. The number of piperazine rings is 1. The largest absolute Gasteiger partial charge is 0.487 e. The molecule has 0 atom stereocenters. The molecule has 0 bridgehead atoms. The maximum Gasteiger partial charge on any atom is 0.311 e. The van der Waals surface area contributed by atoms with Gasteiger partial charge in [-0.3, -0.25) is 14.9 Å². The molecule has 2 aromatic rings. The molecule has 0 spiro atoms. The van der Waals surface area contributed by atoms with Crippen LogP contribution in [0.1, 0.15) is 39.5 Å². The second-order valence-corrected chi connectivity index (χ2v) is 10.0. The molecule has 1 amide bonds. The molecule has 1 fully saturated rings. The number of aryl methyl sites for hydroxylation is 2. The van der Waals surface area contributed by atoms with Gasteiger partial charge in [-0.15, -0.1) is 0 Å². The summed E-state index contributed by atoms with van der Waals surface area (Å²) in [7, 11) is -3.72. The molecule has 3 rings (SSSR count). The van der Waals surface area contributed by atoms with Gasteiger partial charge < -0.3 is 9.64 Å². The lowest BCUT2D eigenvalue weighted by Gasteiger charge is -2.34. The first-order chi connectivity index (χ1) is 15.5. The molecule has 0 saturated carbocycles. The normalized spacial score (nSPS) is 14.9. The zero-order chi connectivity index (χ0) is 24.5. The Labute approximate surface area is 194 Å².